The molecule has 3 rings (SSSR count). The van der Waals surface area contributed by atoms with Gasteiger partial charge in [-0.2, -0.15) is 4.68 Å². The zero-order valence-electron chi connectivity index (χ0n) is 15.3. The van der Waals surface area contributed by atoms with Crippen molar-refractivity contribution in [3.63, 3.8) is 0 Å². The molecule has 3 aromatic rings. The number of amides is 1. The summed E-state index contributed by atoms with van der Waals surface area (Å²) in [6.07, 6.45) is 0. The van der Waals surface area contributed by atoms with Gasteiger partial charge in [-0.15, -0.1) is 5.10 Å². The third-order valence-corrected chi connectivity index (χ3v) is 5.18. The number of methoxy groups -OCH3 is 1. The average molecular weight is 435 g/mol. The summed E-state index contributed by atoms with van der Waals surface area (Å²) in [6, 6.07) is 11.0. The van der Waals surface area contributed by atoms with Gasteiger partial charge in [0.05, 0.1) is 39.7 Å². The van der Waals surface area contributed by atoms with E-state index in [2.05, 4.69) is 20.8 Å². The van der Waals surface area contributed by atoms with Gasteiger partial charge in [-0.1, -0.05) is 35.5 Å². The van der Waals surface area contributed by atoms with Crippen LogP contribution in [0.5, 0.6) is 5.75 Å². The minimum atomic E-state index is -0.581. The van der Waals surface area contributed by atoms with E-state index in [-0.39, 0.29) is 17.3 Å². The van der Waals surface area contributed by atoms with Gasteiger partial charge in [0.1, 0.15) is 5.75 Å². The predicted molar refractivity (Wildman–Crippen MR) is 108 cm³/mol. The van der Waals surface area contributed by atoms with Crippen molar-refractivity contribution in [3.8, 4) is 11.4 Å². The molecule has 10 nitrogen and oxygen atoms in total. The van der Waals surface area contributed by atoms with E-state index in [9.17, 15) is 14.9 Å². The zero-order chi connectivity index (χ0) is 21.0. The number of ether oxygens (including phenoxy) is 1. The quantitative estimate of drug-likeness (QED) is 0.341. The predicted octanol–water partition coefficient (Wildman–Crippen LogP) is 3.35. The normalized spacial score (nSPS) is 11.7. The first kappa shape index (κ1) is 20.6. The van der Waals surface area contributed by atoms with Gasteiger partial charge in [-0.25, -0.2) is 0 Å². The summed E-state index contributed by atoms with van der Waals surface area (Å²) in [4.78, 5) is 23.0. The van der Waals surface area contributed by atoms with E-state index >= 15 is 0 Å². The summed E-state index contributed by atoms with van der Waals surface area (Å²) >= 11 is 7.33. The summed E-state index contributed by atoms with van der Waals surface area (Å²) in [5, 5.41) is 25.4. The molecule has 0 radical (unpaired) electrons. The van der Waals surface area contributed by atoms with Crippen LogP contribution in [0.3, 0.4) is 0 Å². The van der Waals surface area contributed by atoms with Crippen molar-refractivity contribution in [2.24, 2.45) is 0 Å². The van der Waals surface area contributed by atoms with Crippen LogP contribution in [-0.2, 0) is 4.79 Å². The Morgan fingerprint density at radius 2 is 2.10 bits per heavy atom. The van der Waals surface area contributed by atoms with Crippen LogP contribution < -0.4 is 10.1 Å². The van der Waals surface area contributed by atoms with Crippen LogP contribution >= 0.6 is 23.4 Å². The summed E-state index contributed by atoms with van der Waals surface area (Å²) in [6.45, 7) is 1.68. The van der Waals surface area contributed by atoms with Crippen LogP contribution in [-0.4, -0.2) is 43.4 Å². The number of nitro benzene ring substituents is 1. The second-order valence-corrected chi connectivity index (χ2v) is 7.43. The number of carbonyl (C=O) groups is 1. The molecule has 1 aromatic heterocycles. The molecular formula is C17H15ClN6O4S. The lowest BCUT2D eigenvalue weighted by molar-refractivity contribution is -0.384. The molecule has 1 N–H and O–H groups in total. The molecule has 0 aliphatic rings. The van der Waals surface area contributed by atoms with E-state index in [1.165, 1.54) is 30.0 Å². The number of rotatable bonds is 7. The molecule has 12 heteroatoms. The highest BCUT2D eigenvalue weighted by Gasteiger charge is 2.22. The number of halogens is 1. The van der Waals surface area contributed by atoms with Crippen LogP contribution in [0.2, 0.25) is 5.02 Å². The van der Waals surface area contributed by atoms with Gasteiger partial charge in [0, 0.05) is 6.07 Å². The Kier molecular flexibility index (Phi) is 6.29. The van der Waals surface area contributed by atoms with Gasteiger partial charge >= 0.3 is 0 Å². The standard InChI is InChI=1S/C17H15ClN6O4S/c1-10(16(25)19-13-8-7-11(24(26)27)9-15(13)28-2)29-17-20-21-22-23(17)14-6-4-3-5-12(14)18/h3-10H,1-2H3,(H,19,25). The number of carbonyl (C=O) groups excluding carboxylic acids is 1. The van der Waals surface area contributed by atoms with Crippen LogP contribution in [0.4, 0.5) is 11.4 Å². The molecule has 2 aromatic carbocycles. The molecular weight excluding hydrogens is 420 g/mol. The summed E-state index contributed by atoms with van der Waals surface area (Å²) in [7, 11) is 1.37. The van der Waals surface area contributed by atoms with Crippen LogP contribution in [0.25, 0.3) is 5.69 Å². The molecule has 1 unspecified atom stereocenters. The number of hydrogen-bond acceptors (Lipinski definition) is 8. The average Bonchev–Trinajstić information content (AvgIpc) is 3.16. The maximum Gasteiger partial charge on any atom is 0.273 e. The SMILES string of the molecule is COc1cc([N+](=O)[O-])ccc1NC(=O)C(C)Sc1nnnn1-c1ccccc1Cl. The monoisotopic (exact) mass is 434 g/mol. The molecule has 150 valence electrons. The lowest BCUT2D eigenvalue weighted by Gasteiger charge is -2.14. The molecule has 0 aliphatic heterocycles. The van der Waals surface area contributed by atoms with E-state index in [0.717, 1.165) is 11.8 Å². The summed E-state index contributed by atoms with van der Waals surface area (Å²) in [5.41, 5.74) is 0.772. The van der Waals surface area contributed by atoms with E-state index < -0.39 is 10.2 Å². The molecule has 1 heterocycles. The van der Waals surface area contributed by atoms with Gasteiger partial charge in [0.2, 0.25) is 11.1 Å². The fourth-order valence-corrected chi connectivity index (χ4v) is 3.39. The highest BCUT2D eigenvalue weighted by atomic mass is 35.5. The van der Waals surface area contributed by atoms with Gasteiger partial charge < -0.3 is 10.1 Å². The van der Waals surface area contributed by atoms with Gasteiger partial charge in [-0.3, -0.25) is 14.9 Å². The Morgan fingerprint density at radius 1 is 1.34 bits per heavy atom. The smallest absolute Gasteiger partial charge is 0.273 e. The molecule has 1 amide bonds. The summed E-state index contributed by atoms with van der Waals surface area (Å²) < 4.78 is 6.58. The molecule has 0 spiro atoms. The number of thioether (sulfide) groups is 1. The molecule has 29 heavy (non-hydrogen) atoms. The van der Waals surface area contributed by atoms with Crippen molar-refractivity contribution in [3.05, 3.63) is 57.6 Å². The minimum absolute atomic E-state index is 0.138. The number of benzene rings is 2. The number of nitrogens with zero attached hydrogens (tertiary/aromatic N) is 5. The Hall–Kier alpha value is -3.18. The number of nitrogens with one attached hydrogen (secondary N) is 1. The van der Waals surface area contributed by atoms with Crippen molar-refractivity contribution >= 4 is 40.6 Å². The maximum atomic E-state index is 12.6. The molecule has 0 fully saturated rings. The van der Waals surface area contributed by atoms with Crippen molar-refractivity contribution in [2.75, 3.05) is 12.4 Å². The number of aromatic nitrogens is 4. The van der Waals surface area contributed by atoms with Crippen LogP contribution in [0, 0.1) is 10.1 Å². The number of hydrogen-bond donors (Lipinski definition) is 1. The van der Waals surface area contributed by atoms with Crippen molar-refractivity contribution in [1.82, 2.24) is 20.2 Å². The second kappa shape index (κ2) is 8.88. The van der Waals surface area contributed by atoms with Crippen molar-refractivity contribution in [2.45, 2.75) is 17.3 Å². The van der Waals surface area contributed by atoms with Gasteiger partial charge in [0.15, 0.2) is 0 Å². The number of anilines is 1. The fraction of sp³-hybridized carbons (Fsp3) is 0.176. The fourth-order valence-electron chi connectivity index (χ4n) is 2.37. The summed E-state index contributed by atoms with van der Waals surface area (Å²) in [5.74, 6) is -0.165. The van der Waals surface area contributed by atoms with E-state index in [0.29, 0.717) is 21.6 Å². The minimum Gasteiger partial charge on any atom is -0.494 e. The van der Waals surface area contributed by atoms with Crippen LogP contribution in [0.1, 0.15) is 6.92 Å². The third-order valence-electron chi connectivity index (χ3n) is 3.83. The number of para-hydroxylation sites is 1. The Morgan fingerprint density at radius 3 is 2.79 bits per heavy atom. The number of non-ortho nitro benzene ring substituents is 1. The van der Waals surface area contributed by atoms with E-state index in [1.54, 1.807) is 31.2 Å². The molecule has 0 saturated heterocycles. The first-order valence-electron chi connectivity index (χ1n) is 8.24. The molecule has 0 aliphatic carbocycles. The largest absolute Gasteiger partial charge is 0.494 e. The Labute approximate surface area is 174 Å². The number of nitro groups is 1. The lowest BCUT2D eigenvalue weighted by atomic mass is 10.2. The molecule has 1 atom stereocenters. The Bertz CT molecular complexity index is 1060. The first-order chi connectivity index (χ1) is 13.9. The Balaban J connectivity index is 1.75. The van der Waals surface area contributed by atoms with Gasteiger partial charge in [0.25, 0.3) is 5.69 Å². The van der Waals surface area contributed by atoms with E-state index in [4.69, 9.17) is 16.3 Å². The molecule has 0 saturated carbocycles. The zero-order valence-corrected chi connectivity index (χ0v) is 16.8. The highest BCUT2D eigenvalue weighted by molar-refractivity contribution is 8.00. The lowest BCUT2D eigenvalue weighted by Crippen LogP contribution is -2.23. The van der Waals surface area contributed by atoms with Crippen LogP contribution in [0.15, 0.2) is 47.6 Å². The first-order valence-corrected chi connectivity index (χ1v) is 9.49. The van der Waals surface area contributed by atoms with Gasteiger partial charge in [-0.05, 0) is 35.5 Å². The van der Waals surface area contributed by atoms with Crippen molar-refractivity contribution in [1.29, 1.82) is 0 Å². The van der Waals surface area contributed by atoms with Crippen molar-refractivity contribution < 1.29 is 14.5 Å². The topological polar surface area (TPSA) is 125 Å². The number of tetrazole rings is 1. The highest BCUT2D eigenvalue weighted by Crippen LogP contribution is 2.31. The second-order valence-electron chi connectivity index (χ2n) is 5.72. The third kappa shape index (κ3) is 4.63. The van der Waals surface area contributed by atoms with E-state index in [1.807, 2.05) is 0 Å². The molecule has 0 bridgehead atoms. The maximum absolute atomic E-state index is 12.6.